The largest absolute Gasteiger partial charge is 0.369 e. The van der Waals surface area contributed by atoms with Crippen molar-refractivity contribution in [1.82, 2.24) is 5.32 Å². The van der Waals surface area contributed by atoms with E-state index in [0.29, 0.717) is 11.6 Å². The van der Waals surface area contributed by atoms with E-state index in [0.717, 1.165) is 25.2 Å². The molecule has 1 heterocycles. The molecule has 4 heteroatoms. The molecule has 1 fully saturated rings. The minimum absolute atomic E-state index is 0.359. The van der Waals surface area contributed by atoms with Crippen molar-refractivity contribution in [2.45, 2.75) is 19.9 Å². The quantitative estimate of drug-likeness (QED) is 0.797. The molecule has 1 aliphatic rings. The first-order valence-electron chi connectivity index (χ1n) is 5.96. The van der Waals surface area contributed by atoms with E-state index >= 15 is 0 Å². The Bertz CT molecular complexity index is 431. The molecule has 0 spiro atoms. The minimum Gasteiger partial charge on any atom is -0.369 e. The van der Waals surface area contributed by atoms with Gasteiger partial charge in [-0.3, -0.25) is 4.79 Å². The summed E-state index contributed by atoms with van der Waals surface area (Å²) in [4.78, 5) is 13.5. The molecule has 0 aromatic heterocycles. The van der Waals surface area contributed by atoms with Gasteiger partial charge in [0.25, 0.3) is 0 Å². The molecular formula is C13H19N3O. The van der Waals surface area contributed by atoms with Gasteiger partial charge in [-0.25, -0.2) is 0 Å². The highest BCUT2D eigenvalue weighted by molar-refractivity contribution is 5.94. The second-order valence-electron chi connectivity index (χ2n) is 4.66. The molecule has 4 nitrogen and oxygen atoms in total. The lowest BCUT2D eigenvalue weighted by Gasteiger charge is -2.34. The summed E-state index contributed by atoms with van der Waals surface area (Å²) in [5, 5.41) is 3.41. The molecule has 1 aromatic rings. The number of carbonyl (C=O) groups excluding carboxylic acids is 1. The summed E-state index contributed by atoms with van der Waals surface area (Å²) in [7, 11) is 0. The van der Waals surface area contributed by atoms with E-state index < -0.39 is 0 Å². The van der Waals surface area contributed by atoms with Gasteiger partial charge in [-0.2, -0.15) is 0 Å². The van der Waals surface area contributed by atoms with Crippen molar-refractivity contribution in [2.75, 3.05) is 24.5 Å². The van der Waals surface area contributed by atoms with Gasteiger partial charge in [0.15, 0.2) is 0 Å². The highest BCUT2D eigenvalue weighted by Gasteiger charge is 2.16. The summed E-state index contributed by atoms with van der Waals surface area (Å²) in [5.41, 5.74) is 8.02. The molecule has 0 radical (unpaired) electrons. The topological polar surface area (TPSA) is 58.4 Å². The van der Waals surface area contributed by atoms with Crippen LogP contribution in [0.25, 0.3) is 0 Å². The van der Waals surface area contributed by atoms with Crippen molar-refractivity contribution < 1.29 is 4.79 Å². The Hall–Kier alpha value is -1.55. The Labute approximate surface area is 102 Å². The lowest BCUT2D eigenvalue weighted by molar-refractivity contribution is 0.0999. The summed E-state index contributed by atoms with van der Waals surface area (Å²) < 4.78 is 0. The minimum atomic E-state index is -0.359. The molecule has 92 valence electrons. The zero-order chi connectivity index (χ0) is 12.4. The number of hydrogen-bond acceptors (Lipinski definition) is 3. The normalized spacial score (nSPS) is 20.4. The number of anilines is 1. The Morgan fingerprint density at radius 2 is 2.29 bits per heavy atom. The summed E-state index contributed by atoms with van der Waals surface area (Å²) in [6, 6.07) is 6.34. The Kier molecular flexibility index (Phi) is 3.33. The number of aryl methyl sites for hydroxylation is 1. The molecule has 17 heavy (non-hydrogen) atoms. The second-order valence-corrected chi connectivity index (χ2v) is 4.66. The molecule has 0 aliphatic carbocycles. The maximum Gasteiger partial charge on any atom is 0.248 e. The maximum atomic E-state index is 11.2. The third kappa shape index (κ3) is 2.58. The number of amides is 1. The Morgan fingerprint density at radius 1 is 1.53 bits per heavy atom. The van der Waals surface area contributed by atoms with Crippen LogP contribution in [0.4, 0.5) is 5.69 Å². The average molecular weight is 233 g/mol. The SMILES string of the molecule is Cc1cc(N2CCN[C@@H](C)C2)ccc1C(N)=O. The van der Waals surface area contributed by atoms with E-state index in [1.807, 2.05) is 25.1 Å². The Morgan fingerprint density at radius 3 is 2.88 bits per heavy atom. The van der Waals surface area contributed by atoms with Crippen LogP contribution in [-0.4, -0.2) is 31.6 Å². The van der Waals surface area contributed by atoms with E-state index in [9.17, 15) is 4.79 Å². The first kappa shape index (κ1) is 11.9. The van der Waals surface area contributed by atoms with Gasteiger partial charge in [0.2, 0.25) is 5.91 Å². The average Bonchev–Trinajstić information content (AvgIpc) is 2.28. The molecular weight excluding hydrogens is 214 g/mol. The van der Waals surface area contributed by atoms with E-state index in [-0.39, 0.29) is 5.91 Å². The van der Waals surface area contributed by atoms with Gasteiger partial charge in [0, 0.05) is 36.9 Å². The number of primary amides is 1. The Balaban J connectivity index is 2.22. The van der Waals surface area contributed by atoms with Crippen LogP contribution in [0, 0.1) is 6.92 Å². The number of carbonyl (C=O) groups is 1. The van der Waals surface area contributed by atoms with Crippen LogP contribution in [0.5, 0.6) is 0 Å². The third-order valence-electron chi connectivity index (χ3n) is 3.21. The number of nitrogens with zero attached hydrogens (tertiary/aromatic N) is 1. The molecule has 1 amide bonds. The highest BCUT2D eigenvalue weighted by Crippen LogP contribution is 2.20. The molecule has 1 aliphatic heterocycles. The summed E-state index contributed by atoms with van der Waals surface area (Å²) in [6.07, 6.45) is 0. The number of benzene rings is 1. The molecule has 0 bridgehead atoms. The van der Waals surface area contributed by atoms with E-state index in [4.69, 9.17) is 5.73 Å². The summed E-state index contributed by atoms with van der Waals surface area (Å²) in [5.74, 6) is -0.359. The number of nitrogens with two attached hydrogens (primary N) is 1. The van der Waals surface area contributed by atoms with Crippen LogP contribution in [0.3, 0.4) is 0 Å². The van der Waals surface area contributed by atoms with Gasteiger partial charge in [0.1, 0.15) is 0 Å². The third-order valence-corrected chi connectivity index (χ3v) is 3.21. The van der Waals surface area contributed by atoms with Gasteiger partial charge in [-0.05, 0) is 37.6 Å². The number of piperazine rings is 1. The molecule has 1 saturated heterocycles. The van der Waals surface area contributed by atoms with Gasteiger partial charge in [0.05, 0.1) is 0 Å². The van der Waals surface area contributed by atoms with Crippen molar-refractivity contribution in [1.29, 1.82) is 0 Å². The molecule has 1 atom stereocenters. The van der Waals surface area contributed by atoms with Crippen molar-refractivity contribution in [3.8, 4) is 0 Å². The van der Waals surface area contributed by atoms with Crippen molar-refractivity contribution in [3.63, 3.8) is 0 Å². The van der Waals surface area contributed by atoms with Gasteiger partial charge >= 0.3 is 0 Å². The van der Waals surface area contributed by atoms with Crippen LogP contribution < -0.4 is 16.0 Å². The van der Waals surface area contributed by atoms with Gasteiger partial charge in [-0.1, -0.05) is 0 Å². The first-order valence-corrected chi connectivity index (χ1v) is 5.96. The second kappa shape index (κ2) is 4.75. The lowest BCUT2D eigenvalue weighted by Crippen LogP contribution is -2.49. The molecule has 1 aromatic carbocycles. The highest BCUT2D eigenvalue weighted by atomic mass is 16.1. The van der Waals surface area contributed by atoms with E-state index in [1.54, 1.807) is 0 Å². The van der Waals surface area contributed by atoms with Crippen LogP contribution in [-0.2, 0) is 0 Å². The molecule has 0 saturated carbocycles. The predicted octanol–water partition coefficient (Wildman–Crippen LogP) is 0.892. The van der Waals surface area contributed by atoms with Gasteiger partial charge in [-0.15, -0.1) is 0 Å². The number of nitrogens with one attached hydrogen (secondary N) is 1. The fourth-order valence-electron chi connectivity index (χ4n) is 2.29. The van der Waals surface area contributed by atoms with Crippen molar-refractivity contribution >= 4 is 11.6 Å². The van der Waals surface area contributed by atoms with Gasteiger partial charge < -0.3 is 16.0 Å². The maximum absolute atomic E-state index is 11.2. The van der Waals surface area contributed by atoms with Crippen LogP contribution in [0.15, 0.2) is 18.2 Å². The fraction of sp³-hybridized carbons (Fsp3) is 0.462. The van der Waals surface area contributed by atoms with Crippen molar-refractivity contribution in [3.05, 3.63) is 29.3 Å². The van der Waals surface area contributed by atoms with Crippen LogP contribution in [0.1, 0.15) is 22.8 Å². The fourth-order valence-corrected chi connectivity index (χ4v) is 2.29. The molecule has 2 rings (SSSR count). The molecule has 3 N–H and O–H groups in total. The van der Waals surface area contributed by atoms with E-state index in [2.05, 4.69) is 17.1 Å². The summed E-state index contributed by atoms with van der Waals surface area (Å²) in [6.45, 7) is 7.10. The first-order chi connectivity index (χ1) is 8.08. The van der Waals surface area contributed by atoms with Crippen LogP contribution >= 0.6 is 0 Å². The zero-order valence-corrected chi connectivity index (χ0v) is 10.4. The monoisotopic (exact) mass is 233 g/mol. The lowest BCUT2D eigenvalue weighted by atomic mass is 10.1. The molecule has 0 unspecified atom stereocenters. The van der Waals surface area contributed by atoms with Crippen LogP contribution in [0.2, 0.25) is 0 Å². The standard InChI is InChI=1S/C13H19N3O/c1-9-7-11(3-4-12(9)13(14)17)16-6-5-15-10(2)8-16/h3-4,7,10,15H,5-6,8H2,1-2H3,(H2,14,17)/t10-/m0/s1. The van der Waals surface area contributed by atoms with E-state index in [1.165, 1.54) is 5.69 Å². The predicted molar refractivity (Wildman–Crippen MR) is 69.4 cm³/mol. The number of rotatable bonds is 2. The number of hydrogen-bond donors (Lipinski definition) is 2. The smallest absolute Gasteiger partial charge is 0.248 e. The zero-order valence-electron chi connectivity index (χ0n) is 10.4. The van der Waals surface area contributed by atoms with Crippen molar-refractivity contribution in [2.24, 2.45) is 5.73 Å². The summed E-state index contributed by atoms with van der Waals surface area (Å²) >= 11 is 0.